The fourth-order valence-electron chi connectivity index (χ4n) is 3.09. The Morgan fingerprint density at radius 1 is 1.26 bits per heavy atom. The van der Waals surface area contributed by atoms with Crippen molar-refractivity contribution < 1.29 is 9.59 Å². The normalized spacial score (nSPS) is 19.3. The van der Waals surface area contributed by atoms with Crippen molar-refractivity contribution in [3.63, 3.8) is 0 Å². The third-order valence-corrected chi connectivity index (χ3v) is 4.50. The standard InChI is InChI=1S/C16H23N5O2/c1-12-4-5-14(19-18-12)17-13-6-9-20(10-7-13)16(23)11-21-8-2-3-15(21)22/h4-5,13H,2-3,6-11H2,1H3,(H,17,19). The maximum absolute atomic E-state index is 12.3. The number of aromatic nitrogens is 2. The molecule has 1 N–H and O–H groups in total. The molecule has 0 radical (unpaired) electrons. The van der Waals surface area contributed by atoms with Crippen LogP contribution in [0.4, 0.5) is 5.82 Å². The molecule has 1 aromatic rings. The highest BCUT2D eigenvalue weighted by molar-refractivity contribution is 5.85. The summed E-state index contributed by atoms with van der Waals surface area (Å²) in [4.78, 5) is 27.4. The summed E-state index contributed by atoms with van der Waals surface area (Å²) in [6, 6.07) is 4.17. The van der Waals surface area contributed by atoms with Gasteiger partial charge in [0, 0.05) is 32.1 Å². The Balaban J connectivity index is 1.45. The van der Waals surface area contributed by atoms with Gasteiger partial charge in [0.25, 0.3) is 0 Å². The Labute approximate surface area is 136 Å². The maximum Gasteiger partial charge on any atom is 0.242 e. The third-order valence-electron chi connectivity index (χ3n) is 4.50. The van der Waals surface area contributed by atoms with Gasteiger partial charge in [0.1, 0.15) is 5.82 Å². The second-order valence-corrected chi connectivity index (χ2v) is 6.28. The summed E-state index contributed by atoms with van der Waals surface area (Å²) in [7, 11) is 0. The smallest absolute Gasteiger partial charge is 0.242 e. The van der Waals surface area contributed by atoms with Crippen LogP contribution in [0.15, 0.2) is 12.1 Å². The predicted octanol–water partition coefficient (Wildman–Crippen LogP) is 0.810. The lowest BCUT2D eigenvalue weighted by Gasteiger charge is -2.33. The van der Waals surface area contributed by atoms with Gasteiger partial charge in [-0.1, -0.05) is 0 Å². The minimum atomic E-state index is 0.0637. The van der Waals surface area contributed by atoms with E-state index in [1.54, 1.807) is 4.90 Å². The molecule has 23 heavy (non-hydrogen) atoms. The Kier molecular flexibility index (Phi) is 4.73. The van der Waals surface area contributed by atoms with Gasteiger partial charge in [0.15, 0.2) is 0 Å². The van der Waals surface area contributed by atoms with E-state index < -0.39 is 0 Å². The van der Waals surface area contributed by atoms with Crippen LogP contribution in [0.1, 0.15) is 31.4 Å². The van der Waals surface area contributed by atoms with Crippen LogP contribution in [0.3, 0.4) is 0 Å². The molecule has 2 saturated heterocycles. The number of hydrogen-bond donors (Lipinski definition) is 1. The van der Waals surface area contributed by atoms with Gasteiger partial charge in [-0.25, -0.2) is 0 Å². The Morgan fingerprint density at radius 2 is 2.04 bits per heavy atom. The minimum Gasteiger partial charge on any atom is -0.366 e. The van der Waals surface area contributed by atoms with Crippen LogP contribution < -0.4 is 5.32 Å². The highest BCUT2D eigenvalue weighted by Crippen LogP contribution is 2.16. The van der Waals surface area contributed by atoms with Crippen molar-refractivity contribution in [1.82, 2.24) is 20.0 Å². The van der Waals surface area contributed by atoms with Crippen LogP contribution >= 0.6 is 0 Å². The number of carbonyl (C=O) groups is 2. The molecule has 3 heterocycles. The van der Waals surface area contributed by atoms with Gasteiger partial charge in [-0.15, -0.1) is 5.10 Å². The summed E-state index contributed by atoms with van der Waals surface area (Å²) in [6.07, 6.45) is 3.22. The van der Waals surface area contributed by atoms with Crippen LogP contribution in [0.2, 0.25) is 0 Å². The van der Waals surface area contributed by atoms with Gasteiger partial charge in [0.05, 0.1) is 12.2 Å². The van der Waals surface area contributed by atoms with Gasteiger partial charge in [0.2, 0.25) is 11.8 Å². The average molecular weight is 317 g/mol. The second-order valence-electron chi connectivity index (χ2n) is 6.28. The molecule has 2 aliphatic heterocycles. The van der Waals surface area contributed by atoms with Crippen molar-refractivity contribution in [2.45, 2.75) is 38.6 Å². The van der Waals surface area contributed by atoms with Crippen molar-refractivity contribution in [1.29, 1.82) is 0 Å². The summed E-state index contributed by atoms with van der Waals surface area (Å²) in [5, 5.41) is 11.5. The first-order valence-electron chi connectivity index (χ1n) is 8.24. The molecule has 0 aromatic carbocycles. The van der Waals surface area contributed by atoms with E-state index in [1.807, 2.05) is 24.0 Å². The van der Waals surface area contributed by atoms with E-state index in [2.05, 4.69) is 15.5 Å². The number of piperidine rings is 1. The molecule has 3 rings (SSSR count). The lowest BCUT2D eigenvalue weighted by atomic mass is 10.0. The van der Waals surface area contributed by atoms with E-state index in [9.17, 15) is 9.59 Å². The van der Waals surface area contributed by atoms with Crippen molar-refractivity contribution in [2.75, 3.05) is 31.5 Å². The molecule has 2 fully saturated rings. The molecule has 124 valence electrons. The van der Waals surface area contributed by atoms with Crippen LogP contribution in [-0.2, 0) is 9.59 Å². The van der Waals surface area contributed by atoms with Crippen LogP contribution in [0.5, 0.6) is 0 Å². The zero-order chi connectivity index (χ0) is 16.2. The Morgan fingerprint density at radius 3 is 2.65 bits per heavy atom. The van der Waals surface area contributed by atoms with E-state index in [-0.39, 0.29) is 18.4 Å². The zero-order valence-electron chi connectivity index (χ0n) is 13.5. The van der Waals surface area contributed by atoms with Gasteiger partial charge in [-0.3, -0.25) is 9.59 Å². The maximum atomic E-state index is 12.3. The molecule has 0 aliphatic carbocycles. The topological polar surface area (TPSA) is 78.4 Å². The molecule has 0 spiro atoms. The summed E-state index contributed by atoms with van der Waals surface area (Å²) >= 11 is 0. The number of rotatable bonds is 4. The Hall–Kier alpha value is -2.18. The Bertz CT molecular complexity index is 566. The molecule has 0 unspecified atom stereocenters. The zero-order valence-corrected chi connectivity index (χ0v) is 13.5. The predicted molar refractivity (Wildman–Crippen MR) is 85.8 cm³/mol. The number of nitrogens with one attached hydrogen (secondary N) is 1. The van der Waals surface area contributed by atoms with Crippen molar-refractivity contribution in [3.8, 4) is 0 Å². The molecule has 0 atom stereocenters. The van der Waals surface area contributed by atoms with E-state index in [0.717, 1.165) is 43.9 Å². The highest BCUT2D eigenvalue weighted by atomic mass is 16.2. The average Bonchev–Trinajstić information content (AvgIpc) is 2.95. The monoisotopic (exact) mass is 317 g/mol. The van der Waals surface area contributed by atoms with E-state index in [1.165, 1.54) is 0 Å². The molecule has 2 amide bonds. The number of anilines is 1. The lowest BCUT2D eigenvalue weighted by molar-refractivity contribution is -0.139. The number of likely N-dealkylation sites (tertiary alicyclic amines) is 2. The van der Waals surface area contributed by atoms with Crippen molar-refractivity contribution in [3.05, 3.63) is 17.8 Å². The van der Waals surface area contributed by atoms with Crippen LogP contribution in [-0.4, -0.2) is 64.0 Å². The number of amides is 2. The van der Waals surface area contributed by atoms with Crippen LogP contribution in [0.25, 0.3) is 0 Å². The quantitative estimate of drug-likeness (QED) is 0.889. The van der Waals surface area contributed by atoms with E-state index in [4.69, 9.17) is 0 Å². The molecule has 0 bridgehead atoms. The first-order valence-corrected chi connectivity index (χ1v) is 8.24. The summed E-state index contributed by atoms with van der Waals surface area (Å²) in [5.74, 6) is 0.949. The molecular formula is C16H23N5O2. The fraction of sp³-hybridized carbons (Fsp3) is 0.625. The molecule has 7 heteroatoms. The summed E-state index contributed by atoms with van der Waals surface area (Å²) < 4.78 is 0. The van der Waals surface area contributed by atoms with E-state index >= 15 is 0 Å². The van der Waals surface area contributed by atoms with Crippen molar-refractivity contribution >= 4 is 17.6 Å². The number of hydrogen-bond acceptors (Lipinski definition) is 5. The molecular weight excluding hydrogens is 294 g/mol. The van der Waals surface area contributed by atoms with E-state index in [0.29, 0.717) is 19.0 Å². The SMILES string of the molecule is Cc1ccc(NC2CCN(C(=O)CN3CCCC3=O)CC2)nn1. The second kappa shape index (κ2) is 6.93. The molecule has 2 aliphatic rings. The van der Waals surface area contributed by atoms with Gasteiger partial charge < -0.3 is 15.1 Å². The first-order chi connectivity index (χ1) is 11.1. The van der Waals surface area contributed by atoms with Crippen molar-refractivity contribution in [2.24, 2.45) is 0 Å². The largest absolute Gasteiger partial charge is 0.366 e. The number of carbonyl (C=O) groups excluding carboxylic acids is 2. The van der Waals surface area contributed by atoms with Gasteiger partial charge in [-0.05, 0) is 38.3 Å². The summed E-state index contributed by atoms with van der Waals surface area (Å²) in [5.41, 5.74) is 0.896. The van der Waals surface area contributed by atoms with Gasteiger partial charge in [-0.2, -0.15) is 5.10 Å². The fourth-order valence-corrected chi connectivity index (χ4v) is 3.09. The lowest BCUT2D eigenvalue weighted by Crippen LogP contribution is -2.46. The third kappa shape index (κ3) is 3.97. The first kappa shape index (κ1) is 15.7. The number of aryl methyl sites for hydroxylation is 1. The summed E-state index contributed by atoms with van der Waals surface area (Å²) in [6.45, 7) is 4.30. The molecule has 1 aromatic heterocycles. The van der Waals surface area contributed by atoms with Gasteiger partial charge >= 0.3 is 0 Å². The number of nitrogens with zero attached hydrogens (tertiary/aromatic N) is 4. The highest BCUT2D eigenvalue weighted by Gasteiger charge is 2.27. The minimum absolute atomic E-state index is 0.0637. The molecule has 0 saturated carbocycles. The van der Waals surface area contributed by atoms with Crippen LogP contribution in [0, 0.1) is 6.92 Å². The molecule has 7 nitrogen and oxygen atoms in total.